The van der Waals surface area contributed by atoms with E-state index in [0.29, 0.717) is 19.0 Å². The van der Waals surface area contributed by atoms with Gasteiger partial charge in [-0.25, -0.2) is 21.6 Å². The van der Waals surface area contributed by atoms with Gasteiger partial charge in [0, 0.05) is 19.2 Å². The van der Waals surface area contributed by atoms with Gasteiger partial charge in [0.1, 0.15) is 10.7 Å². The van der Waals surface area contributed by atoms with Crippen LogP contribution in [0.2, 0.25) is 0 Å². The number of rotatable bonds is 3. The number of benzene rings is 1. The molecule has 1 saturated heterocycles. The molecule has 1 aliphatic heterocycles. The molecule has 1 aromatic rings. The Bertz CT molecular complexity index is 598. The zero-order valence-electron chi connectivity index (χ0n) is 10.4. The molecule has 1 aromatic carbocycles. The minimum Gasteiger partial charge on any atom is -0.330 e. The summed E-state index contributed by atoms with van der Waals surface area (Å²) in [5.74, 6) is -4.11. The van der Waals surface area contributed by atoms with Crippen LogP contribution in [0.5, 0.6) is 0 Å². The molecule has 114 valence electrons. The largest absolute Gasteiger partial charge is 0.330 e. The van der Waals surface area contributed by atoms with E-state index < -0.39 is 32.4 Å². The van der Waals surface area contributed by atoms with Crippen molar-refractivity contribution < 1.29 is 21.6 Å². The second kappa shape index (κ2) is 6.30. The average molecular weight is 331 g/mol. The van der Waals surface area contributed by atoms with E-state index in [1.807, 2.05) is 0 Å². The molecule has 0 aromatic heterocycles. The quantitative estimate of drug-likeness (QED) is 0.854. The number of hydrogen-bond donors (Lipinski definition) is 1. The molecule has 1 heterocycles. The molecule has 1 fully saturated rings. The van der Waals surface area contributed by atoms with Crippen molar-refractivity contribution in [1.29, 1.82) is 0 Å². The molecule has 20 heavy (non-hydrogen) atoms. The van der Waals surface area contributed by atoms with Crippen molar-refractivity contribution in [2.24, 2.45) is 11.7 Å². The Kier molecular flexibility index (Phi) is 5.42. The predicted molar refractivity (Wildman–Crippen MR) is 69.5 cm³/mol. The minimum absolute atomic E-state index is 0. The number of halogens is 4. The highest BCUT2D eigenvalue weighted by Gasteiger charge is 2.34. The summed E-state index contributed by atoms with van der Waals surface area (Å²) >= 11 is 0. The third-order valence-corrected chi connectivity index (χ3v) is 5.05. The molecule has 4 nitrogen and oxygen atoms in total. The first kappa shape index (κ1) is 17.2. The van der Waals surface area contributed by atoms with Gasteiger partial charge in [0.25, 0.3) is 0 Å². The van der Waals surface area contributed by atoms with Crippen molar-refractivity contribution in [3.8, 4) is 0 Å². The van der Waals surface area contributed by atoms with E-state index in [-0.39, 0.29) is 37.5 Å². The van der Waals surface area contributed by atoms with Crippen molar-refractivity contribution in [1.82, 2.24) is 4.31 Å². The molecule has 2 N–H and O–H groups in total. The lowest BCUT2D eigenvalue weighted by Gasteiger charge is -2.17. The summed E-state index contributed by atoms with van der Waals surface area (Å²) < 4.78 is 64.7. The van der Waals surface area contributed by atoms with E-state index in [2.05, 4.69) is 0 Å². The lowest BCUT2D eigenvalue weighted by atomic mass is 10.1. The highest BCUT2D eigenvalue weighted by Crippen LogP contribution is 2.26. The van der Waals surface area contributed by atoms with Gasteiger partial charge in [-0.05, 0) is 24.9 Å². The molecule has 0 saturated carbocycles. The summed E-state index contributed by atoms with van der Waals surface area (Å²) in [6, 6.07) is 0.606. The van der Waals surface area contributed by atoms with Gasteiger partial charge < -0.3 is 5.73 Å². The summed E-state index contributed by atoms with van der Waals surface area (Å²) in [6.07, 6.45) is 0.570. The third-order valence-electron chi connectivity index (χ3n) is 3.17. The lowest BCUT2D eigenvalue weighted by Crippen LogP contribution is -2.30. The maximum atomic E-state index is 13.5. The standard InChI is InChI=1S/C11H13F3N2O2S.ClH/c12-8-3-10(14)11(4-9(8)13)19(17,18)16-2-1-7(5-15)6-16;/h3-4,7H,1-2,5-6,15H2;1H. The first-order valence-corrected chi connectivity index (χ1v) is 7.15. The van der Waals surface area contributed by atoms with Gasteiger partial charge in [-0.1, -0.05) is 0 Å². The summed E-state index contributed by atoms with van der Waals surface area (Å²) in [4.78, 5) is -0.843. The fourth-order valence-corrected chi connectivity index (χ4v) is 3.64. The van der Waals surface area contributed by atoms with Crippen molar-refractivity contribution in [2.75, 3.05) is 19.6 Å². The Morgan fingerprint density at radius 1 is 1.20 bits per heavy atom. The molecule has 1 atom stereocenters. The van der Waals surface area contributed by atoms with Crippen LogP contribution >= 0.6 is 12.4 Å². The minimum atomic E-state index is -4.16. The lowest BCUT2D eigenvalue weighted by molar-refractivity contribution is 0.446. The zero-order valence-corrected chi connectivity index (χ0v) is 12.0. The van der Waals surface area contributed by atoms with Crippen LogP contribution in [0.25, 0.3) is 0 Å². The topological polar surface area (TPSA) is 63.4 Å². The van der Waals surface area contributed by atoms with Crippen LogP contribution in [0.15, 0.2) is 17.0 Å². The van der Waals surface area contributed by atoms with E-state index in [4.69, 9.17) is 5.73 Å². The van der Waals surface area contributed by atoms with Crippen LogP contribution in [0.4, 0.5) is 13.2 Å². The Morgan fingerprint density at radius 3 is 2.35 bits per heavy atom. The van der Waals surface area contributed by atoms with Gasteiger partial charge in [0.05, 0.1) is 0 Å². The smallest absolute Gasteiger partial charge is 0.246 e. The van der Waals surface area contributed by atoms with Crippen LogP contribution in [0, 0.1) is 23.4 Å². The van der Waals surface area contributed by atoms with Gasteiger partial charge in [0.2, 0.25) is 10.0 Å². The van der Waals surface area contributed by atoms with Crippen LogP contribution < -0.4 is 5.73 Å². The van der Waals surface area contributed by atoms with Gasteiger partial charge in [-0.3, -0.25) is 0 Å². The normalized spacial score (nSPS) is 19.9. The zero-order chi connectivity index (χ0) is 14.2. The van der Waals surface area contributed by atoms with Crippen molar-refractivity contribution in [2.45, 2.75) is 11.3 Å². The van der Waals surface area contributed by atoms with Gasteiger partial charge in [-0.15, -0.1) is 12.4 Å². The molecule has 1 aliphatic rings. The second-order valence-electron chi connectivity index (χ2n) is 4.45. The molecule has 0 amide bonds. The highest BCUT2D eigenvalue weighted by molar-refractivity contribution is 7.89. The first-order chi connectivity index (χ1) is 8.86. The van der Waals surface area contributed by atoms with Crippen LogP contribution in [-0.2, 0) is 10.0 Å². The van der Waals surface area contributed by atoms with E-state index in [1.165, 1.54) is 0 Å². The van der Waals surface area contributed by atoms with E-state index in [9.17, 15) is 21.6 Å². The maximum absolute atomic E-state index is 13.5. The van der Waals surface area contributed by atoms with Crippen LogP contribution in [0.1, 0.15) is 6.42 Å². The van der Waals surface area contributed by atoms with E-state index >= 15 is 0 Å². The fraction of sp³-hybridized carbons (Fsp3) is 0.455. The average Bonchev–Trinajstić information content (AvgIpc) is 2.83. The van der Waals surface area contributed by atoms with Crippen molar-refractivity contribution in [3.63, 3.8) is 0 Å². The molecule has 2 rings (SSSR count). The number of nitrogens with zero attached hydrogens (tertiary/aromatic N) is 1. The molecular weight excluding hydrogens is 317 g/mol. The Labute approximate surface area is 121 Å². The number of nitrogens with two attached hydrogens (primary N) is 1. The molecule has 0 bridgehead atoms. The Morgan fingerprint density at radius 2 is 1.80 bits per heavy atom. The predicted octanol–water partition coefficient (Wildman–Crippen LogP) is 1.50. The SMILES string of the molecule is Cl.NCC1CCN(S(=O)(=O)c2cc(F)c(F)cc2F)C1. The maximum Gasteiger partial charge on any atom is 0.246 e. The number of sulfonamides is 1. The Balaban J connectivity index is 0.00000200. The van der Waals surface area contributed by atoms with E-state index in [1.54, 1.807) is 0 Å². The second-order valence-corrected chi connectivity index (χ2v) is 6.36. The Hall–Kier alpha value is -0.830. The van der Waals surface area contributed by atoms with Gasteiger partial charge in [-0.2, -0.15) is 4.31 Å². The molecule has 0 radical (unpaired) electrons. The number of hydrogen-bond acceptors (Lipinski definition) is 3. The molecule has 0 aliphatic carbocycles. The first-order valence-electron chi connectivity index (χ1n) is 5.71. The highest BCUT2D eigenvalue weighted by atomic mass is 35.5. The van der Waals surface area contributed by atoms with Crippen molar-refractivity contribution >= 4 is 22.4 Å². The van der Waals surface area contributed by atoms with E-state index in [0.717, 1.165) is 4.31 Å². The van der Waals surface area contributed by atoms with Crippen LogP contribution in [-0.4, -0.2) is 32.4 Å². The van der Waals surface area contributed by atoms with Crippen LogP contribution in [0.3, 0.4) is 0 Å². The van der Waals surface area contributed by atoms with Gasteiger partial charge in [0.15, 0.2) is 11.6 Å². The third kappa shape index (κ3) is 3.08. The molecule has 0 spiro atoms. The molecule has 1 unspecified atom stereocenters. The summed E-state index contributed by atoms with van der Waals surface area (Å²) in [5.41, 5.74) is 5.45. The van der Waals surface area contributed by atoms with Gasteiger partial charge >= 0.3 is 0 Å². The summed E-state index contributed by atoms with van der Waals surface area (Å²) in [6.45, 7) is 0.687. The monoisotopic (exact) mass is 330 g/mol. The summed E-state index contributed by atoms with van der Waals surface area (Å²) in [5, 5.41) is 0. The molecule has 9 heteroatoms. The fourth-order valence-electron chi connectivity index (χ4n) is 2.05. The molecular formula is C11H14ClF3N2O2S. The summed E-state index contributed by atoms with van der Waals surface area (Å²) in [7, 11) is -4.16. The van der Waals surface area contributed by atoms with Crippen molar-refractivity contribution in [3.05, 3.63) is 29.6 Å².